The van der Waals surface area contributed by atoms with E-state index in [2.05, 4.69) is 30.6 Å². The minimum Gasteiger partial charge on any atom is -0.469 e. The van der Waals surface area contributed by atoms with Crippen molar-refractivity contribution in [3.63, 3.8) is 0 Å². The zero-order valence-electron chi connectivity index (χ0n) is 8.79. The van der Waals surface area contributed by atoms with Crippen molar-refractivity contribution in [1.82, 2.24) is 9.97 Å². The predicted octanol–water partition coefficient (Wildman–Crippen LogP) is 2.17. The Kier molecular flexibility index (Phi) is 3.24. The van der Waals surface area contributed by atoms with Crippen LogP contribution in [0, 0.1) is 0 Å². The summed E-state index contributed by atoms with van der Waals surface area (Å²) in [4.78, 5) is 18.5. The van der Waals surface area contributed by atoms with Crippen LogP contribution in [-0.2, 0) is 21.3 Å². The van der Waals surface area contributed by atoms with Gasteiger partial charge in [-0.05, 0) is 17.2 Å². The van der Waals surface area contributed by atoms with Crippen molar-refractivity contribution in [2.75, 3.05) is 7.11 Å². The van der Waals surface area contributed by atoms with Crippen LogP contribution in [0.3, 0.4) is 0 Å². The summed E-state index contributed by atoms with van der Waals surface area (Å²) in [5.74, 6) is -0.254. The Morgan fingerprint density at radius 1 is 1.56 bits per heavy atom. The summed E-state index contributed by atoms with van der Waals surface area (Å²) in [5, 5.41) is 0.746. The number of benzene rings is 1. The lowest BCUT2D eigenvalue weighted by molar-refractivity contribution is -0.139. The highest BCUT2D eigenvalue weighted by atomic mass is 79.9. The summed E-state index contributed by atoms with van der Waals surface area (Å²) in [6.07, 6.45) is 1.88. The SMILES string of the molecule is COC(=O)Cc1cc(CBr)cc2[nH]cnc12. The summed E-state index contributed by atoms with van der Waals surface area (Å²) >= 11 is 3.40. The maximum Gasteiger partial charge on any atom is 0.310 e. The highest BCUT2D eigenvalue weighted by molar-refractivity contribution is 9.08. The van der Waals surface area contributed by atoms with Crippen molar-refractivity contribution in [1.29, 1.82) is 0 Å². The normalized spacial score (nSPS) is 10.6. The van der Waals surface area contributed by atoms with Gasteiger partial charge in [0.15, 0.2) is 0 Å². The van der Waals surface area contributed by atoms with Crippen LogP contribution < -0.4 is 0 Å². The van der Waals surface area contributed by atoms with Gasteiger partial charge in [-0.1, -0.05) is 22.0 Å². The van der Waals surface area contributed by atoms with Gasteiger partial charge in [0.1, 0.15) is 0 Å². The Bertz CT molecular complexity index is 522. The lowest BCUT2D eigenvalue weighted by Gasteiger charge is -2.04. The molecule has 0 spiro atoms. The number of nitrogens with zero attached hydrogens (tertiary/aromatic N) is 1. The summed E-state index contributed by atoms with van der Waals surface area (Å²) < 4.78 is 4.66. The van der Waals surface area contributed by atoms with Crippen LogP contribution in [0.15, 0.2) is 18.5 Å². The molecule has 0 bridgehead atoms. The van der Waals surface area contributed by atoms with E-state index in [1.54, 1.807) is 6.33 Å². The van der Waals surface area contributed by atoms with E-state index in [0.29, 0.717) is 0 Å². The summed E-state index contributed by atoms with van der Waals surface area (Å²) in [7, 11) is 1.39. The molecule has 16 heavy (non-hydrogen) atoms. The summed E-state index contributed by atoms with van der Waals surface area (Å²) in [6, 6.07) is 3.98. The number of rotatable bonds is 3. The lowest BCUT2D eigenvalue weighted by Crippen LogP contribution is -2.05. The molecule has 0 fully saturated rings. The zero-order valence-corrected chi connectivity index (χ0v) is 10.4. The quantitative estimate of drug-likeness (QED) is 0.693. The molecule has 0 saturated heterocycles. The van der Waals surface area contributed by atoms with E-state index in [4.69, 9.17) is 0 Å². The first-order chi connectivity index (χ1) is 7.74. The van der Waals surface area contributed by atoms with Crippen LogP contribution in [0.4, 0.5) is 0 Å². The molecule has 0 aliphatic rings. The third-order valence-corrected chi connectivity index (χ3v) is 3.03. The molecule has 4 nitrogen and oxygen atoms in total. The fraction of sp³-hybridized carbons (Fsp3) is 0.273. The van der Waals surface area contributed by atoms with Gasteiger partial charge in [-0.3, -0.25) is 4.79 Å². The average Bonchev–Trinajstić information content (AvgIpc) is 2.76. The van der Waals surface area contributed by atoms with E-state index >= 15 is 0 Å². The molecule has 0 radical (unpaired) electrons. The van der Waals surface area contributed by atoms with Crippen molar-refractivity contribution >= 4 is 32.9 Å². The van der Waals surface area contributed by atoms with E-state index in [9.17, 15) is 4.79 Å². The van der Waals surface area contributed by atoms with Crippen LogP contribution in [-0.4, -0.2) is 23.0 Å². The molecule has 1 N–H and O–H groups in total. The van der Waals surface area contributed by atoms with Gasteiger partial charge in [-0.2, -0.15) is 0 Å². The van der Waals surface area contributed by atoms with Gasteiger partial charge < -0.3 is 9.72 Å². The van der Waals surface area contributed by atoms with Gasteiger partial charge in [0.05, 0.1) is 30.9 Å². The van der Waals surface area contributed by atoms with Crippen LogP contribution in [0.5, 0.6) is 0 Å². The van der Waals surface area contributed by atoms with E-state index < -0.39 is 0 Å². The number of methoxy groups -OCH3 is 1. The Hall–Kier alpha value is -1.36. The predicted molar refractivity (Wildman–Crippen MR) is 64.4 cm³/mol. The third-order valence-electron chi connectivity index (χ3n) is 2.38. The van der Waals surface area contributed by atoms with Crippen molar-refractivity contribution in [3.8, 4) is 0 Å². The van der Waals surface area contributed by atoms with Crippen molar-refractivity contribution in [3.05, 3.63) is 29.6 Å². The van der Waals surface area contributed by atoms with Gasteiger partial charge in [0.25, 0.3) is 0 Å². The van der Waals surface area contributed by atoms with Gasteiger partial charge >= 0.3 is 5.97 Å². The molecule has 84 valence electrons. The van der Waals surface area contributed by atoms with Crippen molar-refractivity contribution in [2.24, 2.45) is 0 Å². The summed E-state index contributed by atoms with van der Waals surface area (Å²) in [5.41, 5.74) is 3.77. The number of hydrogen-bond acceptors (Lipinski definition) is 3. The van der Waals surface area contributed by atoms with Gasteiger partial charge in [-0.15, -0.1) is 0 Å². The molecule has 0 amide bonds. The molecule has 1 heterocycles. The van der Waals surface area contributed by atoms with E-state index in [0.717, 1.165) is 27.5 Å². The number of hydrogen-bond donors (Lipinski definition) is 1. The number of esters is 1. The van der Waals surface area contributed by atoms with E-state index in [1.807, 2.05) is 12.1 Å². The van der Waals surface area contributed by atoms with E-state index in [1.165, 1.54) is 7.11 Å². The fourth-order valence-electron chi connectivity index (χ4n) is 1.63. The Morgan fingerprint density at radius 3 is 3.06 bits per heavy atom. The number of aromatic amines is 1. The number of ether oxygens (including phenoxy) is 1. The first kappa shape index (κ1) is 11.1. The molecule has 0 saturated carbocycles. The van der Waals surface area contributed by atoms with Crippen LogP contribution in [0.2, 0.25) is 0 Å². The van der Waals surface area contributed by atoms with Crippen LogP contribution >= 0.6 is 15.9 Å². The minimum atomic E-state index is -0.254. The number of nitrogens with one attached hydrogen (secondary N) is 1. The Morgan fingerprint density at radius 2 is 2.38 bits per heavy atom. The second-order valence-corrected chi connectivity index (χ2v) is 4.00. The topological polar surface area (TPSA) is 55.0 Å². The van der Waals surface area contributed by atoms with Gasteiger partial charge in [0.2, 0.25) is 0 Å². The second kappa shape index (κ2) is 4.65. The molecule has 5 heteroatoms. The number of aromatic nitrogens is 2. The maximum absolute atomic E-state index is 11.3. The first-order valence-electron chi connectivity index (χ1n) is 4.82. The zero-order chi connectivity index (χ0) is 11.5. The molecular weight excluding hydrogens is 272 g/mol. The summed E-state index contributed by atoms with van der Waals surface area (Å²) in [6.45, 7) is 0. The average molecular weight is 283 g/mol. The number of carbonyl (C=O) groups is 1. The monoisotopic (exact) mass is 282 g/mol. The lowest BCUT2D eigenvalue weighted by atomic mass is 10.1. The molecule has 0 atom stereocenters. The molecule has 1 aromatic heterocycles. The molecular formula is C11H11BrN2O2. The highest BCUT2D eigenvalue weighted by Crippen LogP contribution is 2.20. The smallest absolute Gasteiger partial charge is 0.310 e. The molecule has 1 aromatic carbocycles. The van der Waals surface area contributed by atoms with Crippen LogP contribution in [0.1, 0.15) is 11.1 Å². The first-order valence-corrected chi connectivity index (χ1v) is 5.94. The molecule has 0 aliphatic carbocycles. The maximum atomic E-state index is 11.3. The molecule has 0 unspecified atom stereocenters. The van der Waals surface area contributed by atoms with Gasteiger partial charge in [-0.25, -0.2) is 4.98 Å². The number of carbonyl (C=O) groups excluding carboxylic acids is 1. The molecule has 2 rings (SSSR count). The largest absolute Gasteiger partial charge is 0.469 e. The number of halogens is 1. The molecule has 0 aliphatic heterocycles. The van der Waals surface area contributed by atoms with Crippen molar-refractivity contribution in [2.45, 2.75) is 11.8 Å². The Labute approximate surface area is 101 Å². The third kappa shape index (κ3) is 2.09. The second-order valence-electron chi connectivity index (χ2n) is 3.44. The minimum absolute atomic E-state index is 0.249. The standard InChI is InChI=1S/C11H11BrN2O2/c1-16-10(15)4-8-2-7(5-12)3-9-11(8)14-6-13-9/h2-3,6H,4-5H2,1H3,(H,13,14). The number of fused-ring (bicyclic) bond motifs is 1. The van der Waals surface area contributed by atoms with Crippen molar-refractivity contribution < 1.29 is 9.53 Å². The van der Waals surface area contributed by atoms with E-state index in [-0.39, 0.29) is 12.4 Å². The number of H-pyrrole nitrogens is 1. The van der Waals surface area contributed by atoms with Crippen LogP contribution in [0.25, 0.3) is 11.0 Å². The number of alkyl halides is 1. The highest BCUT2D eigenvalue weighted by Gasteiger charge is 2.10. The fourth-order valence-corrected chi connectivity index (χ4v) is 1.95. The Balaban J connectivity index is 2.48. The van der Waals surface area contributed by atoms with Gasteiger partial charge in [0, 0.05) is 5.33 Å². The molecule has 2 aromatic rings. The number of imidazole rings is 1.